The summed E-state index contributed by atoms with van der Waals surface area (Å²) >= 11 is 0. The first-order valence-electron chi connectivity index (χ1n) is 6.09. The van der Waals surface area contributed by atoms with Crippen molar-refractivity contribution in [2.45, 2.75) is 19.8 Å². The molecule has 1 aliphatic heterocycles. The van der Waals surface area contributed by atoms with E-state index >= 15 is 0 Å². The Bertz CT molecular complexity index is 590. The fraction of sp³-hybridized carbons (Fsp3) is 0.200. The van der Waals surface area contributed by atoms with E-state index < -0.39 is 0 Å². The van der Waals surface area contributed by atoms with Crippen LogP contribution in [0.1, 0.15) is 17.7 Å². The van der Waals surface area contributed by atoms with Crippen LogP contribution >= 0.6 is 0 Å². The van der Waals surface area contributed by atoms with Crippen LogP contribution in [0.2, 0.25) is 0 Å². The molecular weight excluding hydrogens is 224 g/mol. The number of amides is 1. The monoisotopic (exact) mass is 238 g/mol. The van der Waals surface area contributed by atoms with E-state index in [9.17, 15) is 4.79 Å². The Hall–Kier alpha value is -2.16. The van der Waals surface area contributed by atoms with Gasteiger partial charge in [0, 0.05) is 12.1 Å². The van der Waals surface area contributed by atoms with Gasteiger partial charge in [0.1, 0.15) is 0 Å². The number of carbonyl (C=O) groups is 1. The number of anilines is 2. The molecule has 18 heavy (non-hydrogen) atoms. The predicted octanol–water partition coefficient (Wildman–Crippen LogP) is 3.00. The Morgan fingerprint density at radius 1 is 1.11 bits per heavy atom. The summed E-state index contributed by atoms with van der Waals surface area (Å²) in [6.45, 7) is 1.94. The largest absolute Gasteiger partial charge is 0.279 e. The average Bonchev–Trinajstić information content (AvgIpc) is 2.40. The predicted molar refractivity (Wildman–Crippen MR) is 70.9 cm³/mol. The zero-order valence-corrected chi connectivity index (χ0v) is 10.3. The minimum atomic E-state index is 0.138. The minimum absolute atomic E-state index is 0.138. The molecule has 0 saturated carbocycles. The number of para-hydroxylation sites is 1. The number of pyridine rings is 1. The quantitative estimate of drug-likeness (QED) is 0.765. The smallest absolute Gasteiger partial charge is 0.231 e. The second kappa shape index (κ2) is 4.26. The highest BCUT2D eigenvalue weighted by Crippen LogP contribution is 2.33. The zero-order chi connectivity index (χ0) is 12.5. The number of benzene rings is 1. The Balaban J connectivity index is 2.10. The number of hydrogen-bond acceptors (Lipinski definition) is 2. The molecule has 0 radical (unpaired) electrons. The van der Waals surface area contributed by atoms with Crippen LogP contribution in [0.4, 0.5) is 11.4 Å². The lowest BCUT2D eigenvalue weighted by Gasteiger charge is -2.29. The summed E-state index contributed by atoms with van der Waals surface area (Å²) in [7, 11) is 0. The van der Waals surface area contributed by atoms with Crippen molar-refractivity contribution in [2.75, 3.05) is 4.90 Å². The third-order valence-electron chi connectivity index (χ3n) is 3.24. The molecule has 0 atom stereocenters. The van der Waals surface area contributed by atoms with Gasteiger partial charge in [-0.25, -0.2) is 0 Å². The van der Waals surface area contributed by atoms with Crippen molar-refractivity contribution in [2.24, 2.45) is 0 Å². The fourth-order valence-corrected chi connectivity index (χ4v) is 2.30. The molecule has 0 unspecified atom stereocenters. The lowest BCUT2D eigenvalue weighted by molar-refractivity contribution is -0.118. The van der Waals surface area contributed by atoms with Crippen LogP contribution in [-0.2, 0) is 11.2 Å². The van der Waals surface area contributed by atoms with Crippen LogP contribution < -0.4 is 4.90 Å². The van der Waals surface area contributed by atoms with Gasteiger partial charge in [-0.15, -0.1) is 0 Å². The van der Waals surface area contributed by atoms with E-state index in [0.29, 0.717) is 6.42 Å². The van der Waals surface area contributed by atoms with Crippen LogP contribution in [0.15, 0.2) is 42.6 Å². The molecule has 1 aliphatic rings. The lowest BCUT2D eigenvalue weighted by Crippen LogP contribution is -2.30. The van der Waals surface area contributed by atoms with Gasteiger partial charge in [0.25, 0.3) is 0 Å². The number of rotatable bonds is 1. The molecule has 3 heteroatoms. The maximum absolute atomic E-state index is 12.1. The minimum Gasteiger partial charge on any atom is -0.279 e. The molecule has 3 nitrogen and oxygen atoms in total. The first-order valence-corrected chi connectivity index (χ1v) is 6.09. The van der Waals surface area contributed by atoms with E-state index in [-0.39, 0.29) is 5.91 Å². The van der Waals surface area contributed by atoms with E-state index in [1.807, 2.05) is 37.3 Å². The summed E-state index contributed by atoms with van der Waals surface area (Å²) in [4.78, 5) is 18.2. The van der Waals surface area contributed by atoms with E-state index in [1.165, 1.54) is 5.56 Å². The number of hydrogen-bond donors (Lipinski definition) is 0. The van der Waals surface area contributed by atoms with Crippen LogP contribution in [0.25, 0.3) is 0 Å². The Kier molecular flexibility index (Phi) is 2.59. The molecule has 3 rings (SSSR count). The second-order valence-corrected chi connectivity index (χ2v) is 4.52. The standard InChI is InChI=1S/C15H14N2O/c1-11-6-8-13(10-16-11)17-14-5-3-2-4-12(14)7-9-15(17)18/h2-6,8,10H,7,9H2,1H3. The molecule has 2 heterocycles. The number of nitrogens with zero attached hydrogens (tertiary/aromatic N) is 2. The van der Waals surface area contributed by atoms with Crippen LogP contribution in [0.5, 0.6) is 0 Å². The van der Waals surface area contributed by atoms with E-state index in [0.717, 1.165) is 23.5 Å². The first kappa shape index (κ1) is 11.0. The molecule has 1 aromatic carbocycles. The van der Waals surface area contributed by atoms with Gasteiger partial charge in [0.05, 0.1) is 17.6 Å². The summed E-state index contributed by atoms with van der Waals surface area (Å²) in [5.41, 5.74) is 4.01. The van der Waals surface area contributed by atoms with Gasteiger partial charge in [-0.05, 0) is 37.1 Å². The Morgan fingerprint density at radius 3 is 2.72 bits per heavy atom. The fourth-order valence-electron chi connectivity index (χ4n) is 2.30. The molecule has 0 bridgehead atoms. The van der Waals surface area contributed by atoms with E-state index in [4.69, 9.17) is 0 Å². The summed E-state index contributed by atoms with van der Waals surface area (Å²) in [6.07, 6.45) is 3.14. The molecule has 2 aromatic rings. The maximum atomic E-state index is 12.1. The molecule has 0 aliphatic carbocycles. The van der Waals surface area contributed by atoms with Crippen molar-refractivity contribution in [1.29, 1.82) is 0 Å². The summed E-state index contributed by atoms with van der Waals surface area (Å²) in [6, 6.07) is 11.9. The molecule has 90 valence electrons. The summed E-state index contributed by atoms with van der Waals surface area (Å²) < 4.78 is 0. The van der Waals surface area contributed by atoms with Gasteiger partial charge >= 0.3 is 0 Å². The molecule has 0 saturated heterocycles. The molecular formula is C15H14N2O. The zero-order valence-electron chi connectivity index (χ0n) is 10.3. The van der Waals surface area contributed by atoms with Gasteiger partial charge in [0.15, 0.2) is 0 Å². The average molecular weight is 238 g/mol. The molecule has 0 N–H and O–H groups in total. The summed E-state index contributed by atoms with van der Waals surface area (Å²) in [5.74, 6) is 0.138. The van der Waals surface area contributed by atoms with Gasteiger partial charge < -0.3 is 0 Å². The maximum Gasteiger partial charge on any atom is 0.231 e. The van der Waals surface area contributed by atoms with Gasteiger partial charge in [-0.3, -0.25) is 14.7 Å². The molecule has 1 amide bonds. The molecule has 1 aromatic heterocycles. The first-order chi connectivity index (χ1) is 8.75. The SMILES string of the molecule is Cc1ccc(N2C(=O)CCc3ccccc32)cn1. The van der Waals surface area contributed by atoms with Crippen LogP contribution in [0.3, 0.4) is 0 Å². The normalized spacial score (nSPS) is 14.5. The van der Waals surface area contributed by atoms with Crippen LogP contribution in [-0.4, -0.2) is 10.9 Å². The van der Waals surface area contributed by atoms with Crippen LogP contribution in [0, 0.1) is 6.92 Å². The van der Waals surface area contributed by atoms with Gasteiger partial charge in [0.2, 0.25) is 5.91 Å². The lowest BCUT2D eigenvalue weighted by atomic mass is 10.0. The molecule has 0 fully saturated rings. The molecule has 0 spiro atoms. The van der Waals surface area contributed by atoms with Crippen molar-refractivity contribution >= 4 is 17.3 Å². The van der Waals surface area contributed by atoms with Crippen molar-refractivity contribution in [3.8, 4) is 0 Å². The third-order valence-corrected chi connectivity index (χ3v) is 3.24. The summed E-state index contributed by atoms with van der Waals surface area (Å²) in [5, 5.41) is 0. The van der Waals surface area contributed by atoms with E-state index in [2.05, 4.69) is 11.1 Å². The third kappa shape index (κ3) is 1.78. The number of aryl methyl sites for hydroxylation is 2. The van der Waals surface area contributed by atoms with Crippen molar-refractivity contribution in [3.63, 3.8) is 0 Å². The van der Waals surface area contributed by atoms with E-state index in [1.54, 1.807) is 11.1 Å². The van der Waals surface area contributed by atoms with Crippen molar-refractivity contribution in [1.82, 2.24) is 4.98 Å². The topological polar surface area (TPSA) is 33.2 Å². The van der Waals surface area contributed by atoms with Gasteiger partial charge in [-0.2, -0.15) is 0 Å². The highest BCUT2D eigenvalue weighted by atomic mass is 16.2. The number of fused-ring (bicyclic) bond motifs is 1. The van der Waals surface area contributed by atoms with Crippen molar-refractivity contribution in [3.05, 3.63) is 53.9 Å². The second-order valence-electron chi connectivity index (χ2n) is 4.52. The van der Waals surface area contributed by atoms with Crippen molar-refractivity contribution < 1.29 is 4.79 Å². The Labute approximate surface area is 106 Å². The number of aromatic nitrogens is 1. The highest BCUT2D eigenvalue weighted by Gasteiger charge is 2.25. The van der Waals surface area contributed by atoms with Gasteiger partial charge in [-0.1, -0.05) is 18.2 Å². The highest BCUT2D eigenvalue weighted by molar-refractivity contribution is 6.02. The number of carbonyl (C=O) groups excluding carboxylic acids is 1. The Morgan fingerprint density at radius 2 is 1.94 bits per heavy atom.